The molecular formula is C78H132N8O24. The second-order valence-corrected chi connectivity index (χ2v) is 30.8. The Morgan fingerprint density at radius 3 is 0.809 bits per heavy atom. The van der Waals surface area contributed by atoms with Crippen molar-refractivity contribution in [3.05, 3.63) is 59.7 Å². The fourth-order valence-electron chi connectivity index (χ4n) is 11.5. The molecule has 0 aromatic heterocycles. The molecule has 2 aromatic carbocycles. The molecule has 0 bridgehead atoms. The molecule has 2 fully saturated rings. The normalized spacial score (nSPS) is 16.8. The average Bonchev–Trinajstić information content (AvgIpc) is 0.845. The SMILES string of the molecule is CCOCCOCCOCCOc1ccc(C[C@@H](C(=O)O)N2CCN(CC(=O)O)CCN(CC(=O)O)CCN(CC(=O)O)CC2)cc1.CCOCCOCCOCCOc1ccc(C[C@@H](C(=O)OC(C)(C)C)N2CCN(CC(=O)OC(C)(C)C)CCN(CC(=O)OC(C)(C)C)CCN(CC(=O)OC(C)(C)C)CC2)cc1. The largest absolute Gasteiger partial charge is 0.491 e. The minimum atomic E-state index is -1.06. The first-order valence-electron chi connectivity index (χ1n) is 38.4. The summed E-state index contributed by atoms with van der Waals surface area (Å²) in [7, 11) is 0. The highest BCUT2D eigenvalue weighted by Gasteiger charge is 2.34. The van der Waals surface area contributed by atoms with E-state index >= 15 is 0 Å². The molecule has 32 heteroatoms. The highest BCUT2D eigenvalue weighted by molar-refractivity contribution is 5.77. The van der Waals surface area contributed by atoms with Crippen molar-refractivity contribution in [1.82, 2.24) is 39.2 Å². The van der Waals surface area contributed by atoms with Crippen molar-refractivity contribution in [1.29, 1.82) is 0 Å². The van der Waals surface area contributed by atoms with E-state index in [0.717, 1.165) is 11.1 Å². The number of carboxylic acids is 4. The Balaban J connectivity index is 0.000000595. The molecule has 0 radical (unpaired) electrons. The monoisotopic (exact) mass is 1560 g/mol. The van der Waals surface area contributed by atoms with E-state index in [1.807, 2.05) is 136 Å². The zero-order chi connectivity index (χ0) is 81.7. The molecule has 2 aliphatic heterocycles. The fourth-order valence-corrected chi connectivity index (χ4v) is 11.5. The minimum Gasteiger partial charge on any atom is -0.491 e. The predicted octanol–water partition coefficient (Wildman–Crippen LogP) is 4.24. The predicted molar refractivity (Wildman–Crippen MR) is 411 cm³/mol. The second-order valence-electron chi connectivity index (χ2n) is 30.8. The van der Waals surface area contributed by atoms with E-state index in [2.05, 4.69) is 4.90 Å². The molecular weight excluding hydrogens is 1430 g/mol. The van der Waals surface area contributed by atoms with Gasteiger partial charge in [-0.1, -0.05) is 24.3 Å². The Hall–Kier alpha value is -6.76. The Labute approximate surface area is 651 Å². The molecule has 32 nitrogen and oxygen atoms in total. The quantitative estimate of drug-likeness (QED) is 0.0410. The fraction of sp³-hybridized carbons (Fsp3) is 0.744. The highest BCUT2D eigenvalue weighted by atomic mass is 16.6. The van der Waals surface area contributed by atoms with Gasteiger partial charge < -0.3 is 77.3 Å². The van der Waals surface area contributed by atoms with E-state index in [1.54, 1.807) is 43.9 Å². The van der Waals surface area contributed by atoms with Crippen LogP contribution in [0.2, 0.25) is 0 Å². The Bertz CT molecular complexity index is 2880. The van der Waals surface area contributed by atoms with Crippen molar-refractivity contribution in [2.75, 3.05) is 236 Å². The molecule has 2 aromatic rings. The van der Waals surface area contributed by atoms with E-state index in [4.69, 9.17) is 56.8 Å². The number of hydrogen-bond acceptors (Lipinski definition) is 28. The summed E-state index contributed by atoms with van der Waals surface area (Å²) in [6.45, 7) is 37.1. The number of carbonyl (C=O) groups excluding carboxylic acids is 4. The van der Waals surface area contributed by atoms with Crippen LogP contribution in [0.5, 0.6) is 11.5 Å². The molecule has 2 atom stereocenters. The standard InChI is InChI=1S/C47H82N4O12.C31H50N4O12/c1-14-56-27-28-57-29-30-58-31-32-59-38-17-15-37(16-18-38)33-39(43(55)63-47(11,12)13)51-25-23-49(35-41(53)61-45(5,6)7)21-19-48(34-40(52)60-44(2,3)4)20-22-50(24-26-51)36-42(54)62-46(8,9)10;1-2-44-15-16-45-17-18-46-19-20-47-26-5-3-25(4-6-26)21-27(31(42)43)35-13-11-33(23-29(38)39)9-7-32(22-28(36)37)8-10-34(12-14-35)24-30(40)41/h15-18,39H,14,19-36H2,1-13H3;3-6,27H,2,7-24H2,1H3,(H,36,37)(H,38,39)(H,40,41)(H,42,43)/t39-;27-/m00/s1. The maximum absolute atomic E-state index is 14.3. The number of rotatable bonds is 42. The van der Waals surface area contributed by atoms with Gasteiger partial charge in [0.1, 0.15) is 59.2 Å². The van der Waals surface area contributed by atoms with Gasteiger partial charge >= 0.3 is 47.8 Å². The molecule has 110 heavy (non-hydrogen) atoms. The molecule has 4 N–H and O–H groups in total. The molecule has 2 saturated heterocycles. The van der Waals surface area contributed by atoms with Gasteiger partial charge in [-0.05, 0) is 145 Å². The number of nitrogens with zero attached hydrogens (tertiary/aromatic N) is 8. The van der Waals surface area contributed by atoms with E-state index in [-0.39, 0.29) is 122 Å². The van der Waals surface area contributed by atoms with Crippen LogP contribution in [0, 0.1) is 0 Å². The van der Waals surface area contributed by atoms with Crippen molar-refractivity contribution in [2.45, 2.75) is 144 Å². The maximum atomic E-state index is 14.3. The van der Waals surface area contributed by atoms with Crippen molar-refractivity contribution in [3.8, 4) is 11.5 Å². The van der Waals surface area contributed by atoms with E-state index < -0.39 is 58.4 Å². The first-order valence-corrected chi connectivity index (χ1v) is 38.4. The minimum absolute atomic E-state index is 0.0159. The second kappa shape index (κ2) is 52.5. The van der Waals surface area contributed by atoms with Crippen LogP contribution in [-0.4, -0.2) is 378 Å². The summed E-state index contributed by atoms with van der Waals surface area (Å²) in [5.41, 5.74) is -1.10. The van der Waals surface area contributed by atoms with Crippen LogP contribution in [0.25, 0.3) is 0 Å². The average molecular weight is 1570 g/mol. The smallest absolute Gasteiger partial charge is 0.324 e. The van der Waals surface area contributed by atoms with E-state index in [0.29, 0.717) is 163 Å². The number of aliphatic carboxylic acids is 4. The molecule has 0 unspecified atom stereocenters. The zero-order valence-corrected chi connectivity index (χ0v) is 68.2. The van der Waals surface area contributed by atoms with Crippen LogP contribution in [0.15, 0.2) is 48.5 Å². The third-order valence-electron chi connectivity index (χ3n) is 16.6. The first kappa shape index (κ1) is 97.4. The molecule has 0 amide bonds. The van der Waals surface area contributed by atoms with Gasteiger partial charge in [0, 0.05) is 118 Å². The van der Waals surface area contributed by atoms with E-state index in [9.17, 15) is 58.8 Å². The van der Waals surface area contributed by atoms with Gasteiger partial charge in [-0.15, -0.1) is 0 Å². The summed E-state index contributed by atoms with van der Waals surface area (Å²) in [6.07, 6.45) is 0.496. The molecule has 0 saturated carbocycles. The van der Waals surface area contributed by atoms with Crippen LogP contribution in [0.4, 0.5) is 0 Å². The summed E-state index contributed by atoms with van der Waals surface area (Å²) >= 11 is 0. The summed E-state index contributed by atoms with van der Waals surface area (Å²) in [5, 5.41) is 38.5. The van der Waals surface area contributed by atoms with Crippen LogP contribution in [0.1, 0.15) is 108 Å². The summed E-state index contributed by atoms with van der Waals surface area (Å²) in [5.74, 6) is -4.40. The number of ether oxygens (including phenoxy) is 12. The third kappa shape index (κ3) is 48.2. The molecule has 2 heterocycles. The number of carboxylic acid groups (broad SMARTS) is 4. The molecule has 0 aliphatic carbocycles. The molecule has 4 rings (SSSR count). The van der Waals surface area contributed by atoms with Gasteiger partial charge in [0.2, 0.25) is 0 Å². The van der Waals surface area contributed by atoms with Gasteiger partial charge in [0.05, 0.1) is 105 Å². The lowest BCUT2D eigenvalue weighted by Crippen LogP contribution is -2.53. The van der Waals surface area contributed by atoms with Crippen LogP contribution >= 0.6 is 0 Å². The number of carbonyl (C=O) groups is 8. The summed E-state index contributed by atoms with van der Waals surface area (Å²) in [6, 6.07) is 13.1. The summed E-state index contributed by atoms with van der Waals surface area (Å²) < 4.78 is 67.3. The van der Waals surface area contributed by atoms with Crippen LogP contribution in [-0.2, 0) is 98.6 Å². The summed E-state index contributed by atoms with van der Waals surface area (Å²) in [4.78, 5) is 116. The maximum Gasteiger partial charge on any atom is 0.324 e. The number of esters is 4. The Kier molecular flexibility index (Phi) is 46.5. The topological polar surface area (TPSA) is 354 Å². The van der Waals surface area contributed by atoms with Crippen molar-refractivity contribution < 1.29 is 116 Å². The van der Waals surface area contributed by atoms with Crippen molar-refractivity contribution in [3.63, 3.8) is 0 Å². The lowest BCUT2D eigenvalue weighted by molar-refractivity contribution is -0.163. The molecule has 0 spiro atoms. The van der Waals surface area contributed by atoms with Gasteiger partial charge in [-0.2, -0.15) is 0 Å². The highest BCUT2D eigenvalue weighted by Crippen LogP contribution is 2.22. The van der Waals surface area contributed by atoms with Crippen LogP contribution in [0.3, 0.4) is 0 Å². The number of benzene rings is 2. The Morgan fingerprint density at radius 1 is 0.318 bits per heavy atom. The Morgan fingerprint density at radius 2 is 0.555 bits per heavy atom. The van der Waals surface area contributed by atoms with Gasteiger partial charge in [-0.3, -0.25) is 77.6 Å². The zero-order valence-electron chi connectivity index (χ0n) is 68.2. The van der Waals surface area contributed by atoms with Crippen molar-refractivity contribution >= 4 is 47.8 Å². The third-order valence-corrected chi connectivity index (χ3v) is 16.6. The lowest BCUT2D eigenvalue weighted by atomic mass is 10.0. The van der Waals surface area contributed by atoms with Gasteiger partial charge in [-0.25, -0.2) is 0 Å². The molecule has 2 aliphatic rings. The lowest BCUT2D eigenvalue weighted by Gasteiger charge is -2.37. The van der Waals surface area contributed by atoms with Gasteiger partial charge in [0.25, 0.3) is 0 Å². The first-order chi connectivity index (χ1) is 51.9. The van der Waals surface area contributed by atoms with Gasteiger partial charge in [0.15, 0.2) is 0 Å². The van der Waals surface area contributed by atoms with Crippen molar-refractivity contribution in [2.24, 2.45) is 0 Å². The van der Waals surface area contributed by atoms with E-state index in [1.165, 1.54) is 0 Å². The molecule has 628 valence electrons. The van der Waals surface area contributed by atoms with Crippen LogP contribution < -0.4 is 9.47 Å². The number of hydrogen-bond donors (Lipinski definition) is 4.